The number of aliphatic imine (C=N–C) groups is 1. The topological polar surface area (TPSA) is 36.9 Å². The Morgan fingerprint density at radius 1 is 1.50 bits per heavy atom. The Kier molecular flexibility index (Phi) is 7.09. The summed E-state index contributed by atoms with van der Waals surface area (Å²) < 4.78 is 5.23. The molecule has 1 aliphatic heterocycles. The van der Waals surface area contributed by atoms with E-state index in [4.69, 9.17) is 4.74 Å². The largest absolute Gasteiger partial charge is 0.384 e. The van der Waals surface area contributed by atoms with Crippen LogP contribution >= 0.6 is 0 Å². The van der Waals surface area contributed by atoms with Crippen LogP contribution in [0.15, 0.2) is 4.99 Å². The highest BCUT2D eigenvalue weighted by Gasteiger charge is 2.24. The van der Waals surface area contributed by atoms with Crippen LogP contribution in [0, 0.1) is 11.8 Å². The fraction of sp³-hybridized carbons (Fsp3) is 0.929. The summed E-state index contributed by atoms with van der Waals surface area (Å²) in [6.07, 6.45) is 3.70. The Balaban J connectivity index is 2.25. The first-order valence-corrected chi connectivity index (χ1v) is 7.12. The second-order valence-electron chi connectivity index (χ2n) is 5.57. The van der Waals surface area contributed by atoms with Gasteiger partial charge in [0.25, 0.3) is 0 Å². The summed E-state index contributed by atoms with van der Waals surface area (Å²) in [7, 11) is 3.65. The number of rotatable bonds is 6. The van der Waals surface area contributed by atoms with E-state index in [1.54, 1.807) is 7.11 Å². The third-order valence-electron chi connectivity index (χ3n) is 3.44. The van der Waals surface area contributed by atoms with Gasteiger partial charge in [-0.2, -0.15) is 0 Å². The lowest BCUT2D eigenvalue weighted by atomic mass is 10.1. The molecule has 1 aliphatic rings. The summed E-state index contributed by atoms with van der Waals surface area (Å²) in [6, 6.07) is 0. The molecule has 0 spiro atoms. The standard InChI is InChI=1S/C14H29N3O/c1-12(2)6-5-8-16-14(15-3)17-9-7-13(10-17)11-18-4/h12-13H,5-11H2,1-4H3,(H,15,16). The zero-order valence-electron chi connectivity index (χ0n) is 12.4. The van der Waals surface area contributed by atoms with Gasteiger partial charge in [-0.3, -0.25) is 4.99 Å². The molecule has 0 radical (unpaired) electrons. The van der Waals surface area contributed by atoms with Crippen molar-refractivity contribution >= 4 is 5.96 Å². The van der Waals surface area contributed by atoms with Gasteiger partial charge in [-0.05, 0) is 25.2 Å². The molecule has 106 valence electrons. The van der Waals surface area contributed by atoms with Gasteiger partial charge in [-0.15, -0.1) is 0 Å². The number of nitrogens with zero attached hydrogens (tertiary/aromatic N) is 2. The van der Waals surface area contributed by atoms with Crippen molar-refractivity contribution in [1.29, 1.82) is 0 Å². The highest BCUT2D eigenvalue weighted by molar-refractivity contribution is 5.80. The first-order valence-electron chi connectivity index (χ1n) is 7.12. The molecule has 1 N–H and O–H groups in total. The molecule has 0 amide bonds. The third kappa shape index (κ3) is 5.25. The maximum atomic E-state index is 5.23. The van der Waals surface area contributed by atoms with E-state index in [2.05, 4.69) is 29.1 Å². The van der Waals surface area contributed by atoms with Crippen molar-refractivity contribution in [2.75, 3.05) is 40.4 Å². The van der Waals surface area contributed by atoms with E-state index < -0.39 is 0 Å². The van der Waals surface area contributed by atoms with Gasteiger partial charge >= 0.3 is 0 Å². The number of nitrogens with one attached hydrogen (secondary N) is 1. The molecule has 0 aromatic heterocycles. The fourth-order valence-corrected chi connectivity index (χ4v) is 2.44. The number of guanidine groups is 1. The van der Waals surface area contributed by atoms with Gasteiger partial charge < -0.3 is 15.0 Å². The van der Waals surface area contributed by atoms with Gasteiger partial charge in [0.2, 0.25) is 0 Å². The molecule has 1 saturated heterocycles. The van der Waals surface area contributed by atoms with E-state index in [0.29, 0.717) is 5.92 Å². The predicted octanol–water partition coefficient (Wildman–Crippen LogP) is 1.97. The Labute approximate surface area is 112 Å². The van der Waals surface area contributed by atoms with Crippen molar-refractivity contribution in [3.05, 3.63) is 0 Å². The average molecular weight is 255 g/mol. The van der Waals surface area contributed by atoms with Crippen molar-refractivity contribution in [3.63, 3.8) is 0 Å². The molecule has 1 atom stereocenters. The molecule has 4 nitrogen and oxygen atoms in total. The molecule has 1 heterocycles. The molecule has 1 unspecified atom stereocenters. The van der Waals surface area contributed by atoms with Crippen molar-refractivity contribution in [2.45, 2.75) is 33.1 Å². The van der Waals surface area contributed by atoms with Crippen LogP contribution in [0.5, 0.6) is 0 Å². The molecular weight excluding hydrogens is 226 g/mol. The lowest BCUT2D eigenvalue weighted by Gasteiger charge is -2.21. The number of hydrogen-bond donors (Lipinski definition) is 1. The summed E-state index contributed by atoms with van der Waals surface area (Å²) in [5.74, 6) is 2.49. The van der Waals surface area contributed by atoms with Gasteiger partial charge in [0.1, 0.15) is 0 Å². The highest BCUT2D eigenvalue weighted by atomic mass is 16.5. The lowest BCUT2D eigenvalue weighted by molar-refractivity contribution is 0.157. The van der Waals surface area contributed by atoms with Crippen molar-refractivity contribution in [3.8, 4) is 0 Å². The van der Waals surface area contributed by atoms with E-state index in [1.165, 1.54) is 19.3 Å². The zero-order chi connectivity index (χ0) is 13.4. The van der Waals surface area contributed by atoms with Gasteiger partial charge in [0.05, 0.1) is 6.61 Å². The van der Waals surface area contributed by atoms with Crippen LogP contribution in [0.25, 0.3) is 0 Å². The third-order valence-corrected chi connectivity index (χ3v) is 3.44. The Morgan fingerprint density at radius 2 is 2.28 bits per heavy atom. The van der Waals surface area contributed by atoms with Crippen molar-refractivity contribution in [1.82, 2.24) is 10.2 Å². The van der Waals surface area contributed by atoms with Crippen LogP contribution < -0.4 is 5.32 Å². The summed E-state index contributed by atoms with van der Waals surface area (Å²) >= 11 is 0. The highest BCUT2D eigenvalue weighted by Crippen LogP contribution is 2.16. The molecule has 0 aromatic carbocycles. The molecule has 0 aromatic rings. The minimum absolute atomic E-state index is 0.657. The van der Waals surface area contributed by atoms with Crippen molar-refractivity contribution < 1.29 is 4.74 Å². The Hall–Kier alpha value is -0.770. The fourth-order valence-electron chi connectivity index (χ4n) is 2.44. The minimum atomic E-state index is 0.657. The molecule has 1 rings (SSSR count). The molecule has 0 bridgehead atoms. The summed E-state index contributed by atoms with van der Waals surface area (Å²) in [5, 5.41) is 3.46. The van der Waals surface area contributed by atoms with E-state index >= 15 is 0 Å². The van der Waals surface area contributed by atoms with Crippen LogP contribution in [0.3, 0.4) is 0 Å². The molecule has 1 fully saturated rings. The maximum Gasteiger partial charge on any atom is 0.193 e. The average Bonchev–Trinajstić information content (AvgIpc) is 2.78. The van der Waals surface area contributed by atoms with Gasteiger partial charge in [-0.1, -0.05) is 13.8 Å². The summed E-state index contributed by atoms with van der Waals surface area (Å²) in [4.78, 5) is 6.72. The van der Waals surface area contributed by atoms with Crippen LogP contribution in [0.1, 0.15) is 33.1 Å². The summed E-state index contributed by atoms with van der Waals surface area (Å²) in [5.41, 5.74) is 0. The molecule has 0 saturated carbocycles. The van der Waals surface area contributed by atoms with Gasteiger partial charge in [0, 0.05) is 39.7 Å². The van der Waals surface area contributed by atoms with Gasteiger partial charge in [-0.25, -0.2) is 0 Å². The second kappa shape index (κ2) is 8.35. The van der Waals surface area contributed by atoms with Crippen LogP contribution in [-0.4, -0.2) is 51.3 Å². The van der Waals surface area contributed by atoms with E-state index in [1.807, 2.05) is 7.05 Å². The molecular formula is C14H29N3O. The predicted molar refractivity (Wildman–Crippen MR) is 77.0 cm³/mol. The van der Waals surface area contributed by atoms with Crippen LogP contribution in [0.4, 0.5) is 0 Å². The second-order valence-corrected chi connectivity index (χ2v) is 5.57. The monoisotopic (exact) mass is 255 g/mol. The smallest absolute Gasteiger partial charge is 0.193 e. The SMILES string of the molecule is CN=C(NCCCC(C)C)N1CCC(COC)C1. The van der Waals surface area contributed by atoms with E-state index in [9.17, 15) is 0 Å². The zero-order valence-corrected chi connectivity index (χ0v) is 12.4. The quantitative estimate of drug-likeness (QED) is 0.448. The van der Waals surface area contributed by atoms with Crippen LogP contribution in [0.2, 0.25) is 0 Å². The Morgan fingerprint density at radius 3 is 2.89 bits per heavy atom. The van der Waals surface area contributed by atoms with E-state index in [-0.39, 0.29) is 0 Å². The molecule has 4 heteroatoms. The van der Waals surface area contributed by atoms with Crippen molar-refractivity contribution in [2.24, 2.45) is 16.8 Å². The first kappa shape index (κ1) is 15.3. The minimum Gasteiger partial charge on any atom is -0.384 e. The Bertz CT molecular complexity index is 253. The first-order chi connectivity index (χ1) is 8.67. The van der Waals surface area contributed by atoms with Crippen LogP contribution in [-0.2, 0) is 4.74 Å². The molecule has 0 aliphatic carbocycles. The van der Waals surface area contributed by atoms with Gasteiger partial charge in [0.15, 0.2) is 5.96 Å². The maximum absolute atomic E-state index is 5.23. The number of hydrogen-bond acceptors (Lipinski definition) is 2. The summed E-state index contributed by atoms with van der Waals surface area (Å²) in [6.45, 7) is 8.59. The number of methoxy groups -OCH3 is 1. The molecule has 18 heavy (non-hydrogen) atoms. The lowest BCUT2D eigenvalue weighted by Crippen LogP contribution is -2.40. The number of likely N-dealkylation sites (tertiary alicyclic amines) is 1. The number of ether oxygens (including phenoxy) is 1. The van der Waals surface area contributed by atoms with E-state index in [0.717, 1.165) is 38.1 Å². The normalized spacial score (nSPS) is 20.8.